The Kier molecular flexibility index (Phi) is 14.2. The Morgan fingerprint density at radius 2 is 1.49 bits per heavy atom. The molecule has 6 heteroatoms. The van der Waals surface area contributed by atoms with E-state index in [-0.39, 0.29) is 5.78 Å². The summed E-state index contributed by atoms with van der Waals surface area (Å²) in [6.07, 6.45) is 10.1. The number of benzene rings is 2. The minimum Gasteiger partial charge on any atom is -0.493 e. The second-order valence-corrected chi connectivity index (χ2v) is 10.6. The normalized spacial score (nSPS) is 12.3. The van der Waals surface area contributed by atoms with Crippen molar-refractivity contribution >= 4 is 23.3 Å². The molecule has 0 aliphatic heterocycles. The zero-order valence-electron chi connectivity index (χ0n) is 26.4. The second kappa shape index (κ2) is 17.3. The maximum Gasteiger partial charge on any atom is 0.163 e. The van der Waals surface area contributed by atoms with E-state index in [1.165, 1.54) is 5.57 Å². The van der Waals surface area contributed by atoms with E-state index >= 15 is 0 Å². The SMILES string of the molecule is C=C(C)c1cc(OC)c(OCCCCCOc2cc(C)c(C(C)=O)cc2OC)cc1/N=C\C(CCC)C/C(C)=C\C. The average molecular weight is 564 g/mol. The first kappa shape index (κ1) is 33.7. The minimum atomic E-state index is 0.0114. The largest absolute Gasteiger partial charge is 0.493 e. The van der Waals surface area contributed by atoms with E-state index in [9.17, 15) is 4.79 Å². The molecular formula is C35H49NO5. The number of methoxy groups -OCH3 is 2. The van der Waals surface area contributed by atoms with Crippen LogP contribution < -0.4 is 18.9 Å². The van der Waals surface area contributed by atoms with Crippen LogP contribution in [-0.2, 0) is 0 Å². The van der Waals surface area contributed by atoms with Crippen molar-refractivity contribution in [2.75, 3.05) is 27.4 Å². The molecule has 0 N–H and O–H groups in total. The Labute approximate surface area is 247 Å². The maximum absolute atomic E-state index is 11.8. The molecule has 1 atom stereocenters. The molecule has 0 aromatic heterocycles. The van der Waals surface area contributed by atoms with Gasteiger partial charge in [-0.3, -0.25) is 9.79 Å². The Bertz CT molecular complexity index is 1230. The highest BCUT2D eigenvalue weighted by molar-refractivity contribution is 5.96. The van der Waals surface area contributed by atoms with Gasteiger partial charge in [-0.2, -0.15) is 0 Å². The Morgan fingerprint density at radius 1 is 0.902 bits per heavy atom. The highest BCUT2D eigenvalue weighted by Gasteiger charge is 2.14. The van der Waals surface area contributed by atoms with Gasteiger partial charge in [0.25, 0.3) is 0 Å². The molecular weight excluding hydrogens is 514 g/mol. The Hall–Kier alpha value is -3.54. The van der Waals surface area contributed by atoms with E-state index in [2.05, 4.69) is 39.6 Å². The Balaban J connectivity index is 2.00. The summed E-state index contributed by atoms with van der Waals surface area (Å²) in [6.45, 7) is 17.2. The van der Waals surface area contributed by atoms with Gasteiger partial charge < -0.3 is 18.9 Å². The number of aryl methyl sites for hydroxylation is 1. The predicted octanol–water partition coefficient (Wildman–Crippen LogP) is 9.35. The fraction of sp³-hybridized carbons (Fsp3) is 0.486. The standard InChI is InChI=1S/C35H49NO5/c1-10-15-28(18-25(5)11-2)23-36-31-22-35(32(38-8)20-29(31)24(3)4)41-17-14-12-13-16-40-34-19-26(6)30(27(7)37)21-33(34)39-9/h11,19-23,28H,3,10,12-18H2,1-2,4-9H3/b25-11-,36-23-. The topological polar surface area (TPSA) is 66.4 Å². The van der Waals surface area contributed by atoms with Crippen molar-refractivity contribution in [1.29, 1.82) is 0 Å². The van der Waals surface area contributed by atoms with Crippen LogP contribution in [0.4, 0.5) is 5.69 Å². The lowest BCUT2D eigenvalue weighted by molar-refractivity contribution is 0.101. The molecule has 0 amide bonds. The van der Waals surface area contributed by atoms with Crippen molar-refractivity contribution in [2.45, 2.75) is 80.1 Å². The van der Waals surface area contributed by atoms with Crippen molar-refractivity contribution in [3.63, 3.8) is 0 Å². The van der Waals surface area contributed by atoms with Gasteiger partial charge >= 0.3 is 0 Å². The van der Waals surface area contributed by atoms with Crippen molar-refractivity contribution in [3.05, 3.63) is 59.2 Å². The summed E-state index contributed by atoms with van der Waals surface area (Å²) in [5.74, 6) is 2.99. The molecule has 0 heterocycles. The van der Waals surface area contributed by atoms with E-state index in [0.717, 1.165) is 60.9 Å². The van der Waals surface area contributed by atoms with Gasteiger partial charge in [0.15, 0.2) is 28.8 Å². The fourth-order valence-electron chi connectivity index (χ4n) is 4.65. The lowest BCUT2D eigenvalue weighted by Crippen LogP contribution is -2.04. The number of aliphatic imine (C=N–C) groups is 1. The van der Waals surface area contributed by atoms with Gasteiger partial charge in [0, 0.05) is 23.4 Å². The number of carbonyl (C=O) groups excluding carboxylic acids is 1. The van der Waals surface area contributed by atoms with Crippen LogP contribution in [0, 0.1) is 12.8 Å². The lowest BCUT2D eigenvalue weighted by atomic mass is 9.96. The molecule has 0 aliphatic rings. The summed E-state index contributed by atoms with van der Waals surface area (Å²) in [6, 6.07) is 7.55. The molecule has 0 spiro atoms. The van der Waals surface area contributed by atoms with Crippen LogP contribution in [-0.4, -0.2) is 39.4 Å². The van der Waals surface area contributed by atoms with Crippen LogP contribution in [0.3, 0.4) is 0 Å². The summed E-state index contributed by atoms with van der Waals surface area (Å²) >= 11 is 0. The van der Waals surface area contributed by atoms with E-state index in [4.69, 9.17) is 23.9 Å². The molecule has 2 aromatic rings. The number of rotatable bonds is 18. The summed E-state index contributed by atoms with van der Waals surface area (Å²) in [5.41, 5.74) is 5.64. The first-order valence-corrected chi connectivity index (χ1v) is 14.6. The summed E-state index contributed by atoms with van der Waals surface area (Å²) in [7, 11) is 3.24. The van der Waals surface area contributed by atoms with E-state index < -0.39 is 0 Å². The van der Waals surface area contributed by atoms with E-state index in [1.54, 1.807) is 27.2 Å². The quantitative estimate of drug-likeness (QED) is 0.0782. The number of allylic oxidation sites excluding steroid dienone is 3. The van der Waals surface area contributed by atoms with E-state index in [0.29, 0.717) is 47.7 Å². The number of hydrogen-bond donors (Lipinski definition) is 0. The zero-order chi connectivity index (χ0) is 30.4. The minimum absolute atomic E-state index is 0.0114. The average Bonchev–Trinajstić information content (AvgIpc) is 2.94. The van der Waals surface area contributed by atoms with Crippen molar-refractivity contribution in [1.82, 2.24) is 0 Å². The lowest BCUT2D eigenvalue weighted by Gasteiger charge is -2.16. The Morgan fingerprint density at radius 3 is 2.00 bits per heavy atom. The van der Waals surface area contributed by atoms with Crippen LogP contribution >= 0.6 is 0 Å². The summed E-state index contributed by atoms with van der Waals surface area (Å²) in [4.78, 5) is 16.7. The number of carbonyl (C=O) groups is 1. The number of unbranched alkanes of at least 4 members (excludes halogenated alkanes) is 2. The third kappa shape index (κ3) is 10.4. The summed E-state index contributed by atoms with van der Waals surface area (Å²) in [5, 5.41) is 0. The van der Waals surface area contributed by atoms with Gasteiger partial charge in [0.05, 0.1) is 33.1 Å². The fourth-order valence-corrected chi connectivity index (χ4v) is 4.65. The second-order valence-electron chi connectivity index (χ2n) is 10.6. The highest BCUT2D eigenvalue weighted by atomic mass is 16.5. The van der Waals surface area contributed by atoms with Crippen molar-refractivity contribution in [2.24, 2.45) is 10.9 Å². The van der Waals surface area contributed by atoms with Gasteiger partial charge in [-0.1, -0.05) is 31.6 Å². The van der Waals surface area contributed by atoms with Gasteiger partial charge in [-0.05, 0) is 102 Å². The van der Waals surface area contributed by atoms with Crippen LogP contribution in [0.15, 0.2) is 47.5 Å². The molecule has 0 saturated heterocycles. The highest BCUT2D eigenvalue weighted by Crippen LogP contribution is 2.38. The predicted molar refractivity (Wildman–Crippen MR) is 171 cm³/mol. The van der Waals surface area contributed by atoms with Crippen molar-refractivity contribution in [3.8, 4) is 23.0 Å². The monoisotopic (exact) mass is 563 g/mol. The van der Waals surface area contributed by atoms with Gasteiger partial charge in [0.2, 0.25) is 0 Å². The molecule has 0 aliphatic carbocycles. The van der Waals surface area contributed by atoms with Gasteiger partial charge in [0.1, 0.15) is 0 Å². The molecule has 0 radical (unpaired) electrons. The van der Waals surface area contributed by atoms with Crippen LogP contribution in [0.5, 0.6) is 23.0 Å². The number of ether oxygens (including phenoxy) is 4. The number of nitrogens with zero attached hydrogens (tertiary/aromatic N) is 1. The van der Waals surface area contributed by atoms with Crippen molar-refractivity contribution < 1.29 is 23.7 Å². The van der Waals surface area contributed by atoms with Gasteiger partial charge in [-0.15, -0.1) is 0 Å². The molecule has 0 saturated carbocycles. The zero-order valence-corrected chi connectivity index (χ0v) is 26.4. The third-order valence-corrected chi connectivity index (χ3v) is 7.10. The first-order chi connectivity index (χ1) is 19.6. The van der Waals surface area contributed by atoms with Crippen LogP contribution in [0.25, 0.3) is 5.57 Å². The molecule has 0 fully saturated rings. The molecule has 1 unspecified atom stereocenters. The number of hydrogen-bond acceptors (Lipinski definition) is 6. The molecule has 2 rings (SSSR count). The summed E-state index contributed by atoms with van der Waals surface area (Å²) < 4.78 is 23.2. The molecule has 224 valence electrons. The van der Waals surface area contributed by atoms with E-state index in [1.807, 2.05) is 32.0 Å². The van der Waals surface area contributed by atoms with Crippen LogP contribution in [0.1, 0.15) is 94.6 Å². The smallest absolute Gasteiger partial charge is 0.163 e. The third-order valence-electron chi connectivity index (χ3n) is 7.10. The van der Waals surface area contributed by atoms with Gasteiger partial charge in [-0.25, -0.2) is 0 Å². The molecule has 0 bridgehead atoms. The number of Topliss-reactive ketones (excluding diaryl/α,β-unsaturated/α-hetero) is 1. The first-order valence-electron chi connectivity index (χ1n) is 14.6. The maximum atomic E-state index is 11.8. The number of ketones is 1. The molecule has 2 aromatic carbocycles. The molecule has 6 nitrogen and oxygen atoms in total. The van der Waals surface area contributed by atoms with Crippen LogP contribution in [0.2, 0.25) is 0 Å². The molecule has 41 heavy (non-hydrogen) atoms.